The van der Waals surface area contributed by atoms with E-state index in [9.17, 15) is 20.5 Å². The first-order chi connectivity index (χ1) is 10.9. The van der Waals surface area contributed by atoms with Crippen LogP contribution >= 0.6 is 0 Å². The van der Waals surface area contributed by atoms with Crippen LogP contribution in [0.5, 0.6) is 0 Å². The van der Waals surface area contributed by atoms with Crippen molar-refractivity contribution in [3.05, 3.63) is 35.0 Å². The largest absolute Gasteiger partial charge is 0.758 e. The topological polar surface area (TPSA) is 126 Å². The molecule has 0 unspecified atom stereocenters. The molecule has 0 radical (unpaired) electrons. The fraction of sp³-hybridized carbons (Fsp3) is 0.600. The fourth-order valence-corrected chi connectivity index (χ4v) is 2.37. The maximum Gasteiger partial charge on any atom is 0.186 e. The summed E-state index contributed by atoms with van der Waals surface area (Å²) >= 11 is 0. The van der Waals surface area contributed by atoms with E-state index in [1.54, 1.807) is 24.3 Å². The number of aliphatic hydroxyl groups is 4. The molecule has 0 spiro atoms. The zero-order chi connectivity index (χ0) is 17.0. The molecule has 2 rings (SSSR count). The molecular formula is C15H22NO7-. The number of hydroxylamine groups is 1. The Morgan fingerprint density at radius 1 is 1.13 bits per heavy atom. The Morgan fingerprint density at radius 3 is 2.35 bits per heavy atom. The van der Waals surface area contributed by atoms with E-state index >= 15 is 0 Å². The molecule has 0 saturated carbocycles. The Balaban J connectivity index is 1.85. The van der Waals surface area contributed by atoms with Crippen molar-refractivity contribution >= 4 is 5.69 Å². The van der Waals surface area contributed by atoms with Crippen LogP contribution in [0.15, 0.2) is 24.3 Å². The standard InChI is InChI=1S/C15H22NO7/c1-16(21)10-4-2-9(3-5-10)6-7-22-15-14(20)13(19)12(18)11(8-17)23-15/h2-5,11-15,17-20H,6-8H2,1H3/q-1/t11-,12-,13+,14-,15-/m1/s1. The fourth-order valence-electron chi connectivity index (χ4n) is 2.37. The lowest BCUT2D eigenvalue weighted by Gasteiger charge is -2.39. The van der Waals surface area contributed by atoms with Crippen LogP contribution in [-0.2, 0) is 15.9 Å². The van der Waals surface area contributed by atoms with E-state index in [2.05, 4.69) is 0 Å². The molecular weight excluding hydrogens is 306 g/mol. The molecule has 23 heavy (non-hydrogen) atoms. The number of rotatable bonds is 6. The molecule has 1 fully saturated rings. The molecule has 1 heterocycles. The molecule has 1 saturated heterocycles. The monoisotopic (exact) mass is 328 g/mol. The van der Waals surface area contributed by atoms with Crippen LogP contribution in [0, 0.1) is 5.21 Å². The molecule has 0 aliphatic carbocycles. The summed E-state index contributed by atoms with van der Waals surface area (Å²) in [5.41, 5.74) is 1.48. The van der Waals surface area contributed by atoms with Crippen molar-refractivity contribution < 1.29 is 29.9 Å². The molecule has 1 aromatic rings. The third kappa shape index (κ3) is 4.39. The van der Waals surface area contributed by atoms with Crippen molar-refractivity contribution in [1.82, 2.24) is 0 Å². The minimum atomic E-state index is -1.45. The van der Waals surface area contributed by atoms with Gasteiger partial charge in [0.1, 0.15) is 24.4 Å². The molecule has 0 amide bonds. The van der Waals surface area contributed by atoms with Crippen LogP contribution in [0.3, 0.4) is 0 Å². The Labute approximate surface area is 134 Å². The van der Waals surface area contributed by atoms with Gasteiger partial charge in [0.05, 0.1) is 13.2 Å². The van der Waals surface area contributed by atoms with Gasteiger partial charge in [0.2, 0.25) is 0 Å². The first-order valence-corrected chi connectivity index (χ1v) is 7.36. The predicted molar refractivity (Wildman–Crippen MR) is 81.6 cm³/mol. The molecule has 1 aliphatic heterocycles. The number of hydrogen-bond donors (Lipinski definition) is 4. The van der Waals surface area contributed by atoms with Crippen molar-refractivity contribution in [3.63, 3.8) is 0 Å². The average Bonchev–Trinajstić information content (AvgIpc) is 2.55. The third-order valence-corrected chi connectivity index (χ3v) is 3.82. The molecule has 0 aromatic heterocycles. The molecule has 1 aliphatic rings. The van der Waals surface area contributed by atoms with E-state index in [4.69, 9.17) is 14.6 Å². The van der Waals surface area contributed by atoms with Gasteiger partial charge in [0.15, 0.2) is 6.29 Å². The number of anilines is 1. The second kappa shape index (κ2) is 8.02. The molecule has 8 nitrogen and oxygen atoms in total. The quantitative estimate of drug-likeness (QED) is 0.489. The Bertz CT molecular complexity index is 479. The van der Waals surface area contributed by atoms with Crippen LogP contribution in [0.25, 0.3) is 0 Å². The highest BCUT2D eigenvalue weighted by molar-refractivity contribution is 5.47. The summed E-state index contributed by atoms with van der Waals surface area (Å²) in [5.74, 6) is 0. The smallest absolute Gasteiger partial charge is 0.186 e. The molecule has 1 aromatic carbocycles. The zero-order valence-corrected chi connectivity index (χ0v) is 12.8. The lowest BCUT2D eigenvalue weighted by molar-refractivity contribution is -0.300. The van der Waals surface area contributed by atoms with Gasteiger partial charge in [-0.2, -0.15) is 0 Å². The first-order valence-electron chi connectivity index (χ1n) is 7.36. The second-order valence-corrected chi connectivity index (χ2v) is 5.48. The van der Waals surface area contributed by atoms with Crippen LogP contribution in [0.1, 0.15) is 5.56 Å². The van der Waals surface area contributed by atoms with Gasteiger partial charge in [-0.15, -0.1) is 0 Å². The van der Waals surface area contributed by atoms with Crippen molar-refractivity contribution in [2.24, 2.45) is 0 Å². The molecule has 130 valence electrons. The summed E-state index contributed by atoms with van der Waals surface area (Å²) < 4.78 is 10.6. The second-order valence-electron chi connectivity index (χ2n) is 5.48. The van der Waals surface area contributed by atoms with E-state index in [1.165, 1.54) is 7.05 Å². The number of aliphatic hydroxyl groups excluding tert-OH is 4. The maximum absolute atomic E-state index is 11.1. The highest BCUT2D eigenvalue weighted by Gasteiger charge is 2.43. The summed E-state index contributed by atoms with van der Waals surface area (Å²) in [5, 5.41) is 50.1. The van der Waals surface area contributed by atoms with Crippen LogP contribution in [0.4, 0.5) is 5.69 Å². The van der Waals surface area contributed by atoms with Gasteiger partial charge in [0.25, 0.3) is 0 Å². The summed E-state index contributed by atoms with van der Waals surface area (Å²) in [6.45, 7) is -0.287. The van der Waals surface area contributed by atoms with Crippen LogP contribution < -0.4 is 5.06 Å². The van der Waals surface area contributed by atoms with E-state index in [-0.39, 0.29) is 6.61 Å². The lowest BCUT2D eigenvalue weighted by Crippen LogP contribution is -2.59. The molecule has 0 bridgehead atoms. The van der Waals surface area contributed by atoms with Gasteiger partial charge in [-0.25, -0.2) is 0 Å². The van der Waals surface area contributed by atoms with E-state index in [1.807, 2.05) is 0 Å². The van der Waals surface area contributed by atoms with E-state index in [0.29, 0.717) is 12.1 Å². The van der Waals surface area contributed by atoms with Crippen molar-refractivity contribution in [3.8, 4) is 0 Å². The summed E-state index contributed by atoms with van der Waals surface area (Å²) in [6, 6.07) is 6.97. The number of hydrogen-bond acceptors (Lipinski definition) is 8. The van der Waals surface area contributed by atoms with Gasteiger partial charge < -0.3 is 40.2 Å². The minimum Gasteiger partial charge on any atom is -0.758 e. The van der Waals surface area contributed by atoms with E-state index in [0.717, 1.165) is 10.6 Å². The molecule has 4 N–H and O–H groups in total. The highest BCUT2D eigenvalue weighted by Crippen LogP contribution is 2.22. The van der Waals surface area contributed by atoms with Gasteiger partial charge >= 0.3 is 0 Å². The van der Waals surface area contributed by atoms with Crippen LogP contribution in [0.2, 0.25) is 0 Å². The van der Waals surface area contributed by atoms with Gasteiger partial charge in [-0.05, 0) is 31.2 Å². The maximum atomic E-state index is 11.1. The summed E-state index contributed by atoms with van der Waals surface area (Å²) in [4.78, 5) is 0. The molecule has 8 heteroatoms. The van der Waals surface area contributed by atoms with Crippen molar-refractivity contribution in [1.29, 1.82) is 0 Å². The Kier molecular flexibility index (Phi) is 6.31. The molecule has 5 atom stereocenters. The summed E-state index contributed by atoms with van der Waals surface area (Å²) in [6.07, 6.45) is -5.84. The van der Waals surface area contributed by atoms with E-state index < -0.39 is 37.3 Å². The van der Waals surface area contributed by atoms with Crippen molar-refractivity contribution in [2.45, 2.75) is 37.1 Å². The van der Waals surface area contributed by atoms with Crippen LogP contribution in [-0.4, -0.2) is 71.4 Å². The van der Waals surface area contributed by atoms with Gasteiger partial charge in [0, 0.05) is 5.69 Å². The number of nitrogens with zero attached hydrogens (tertiary/aromatic N) is 1. The minimum absolute atomic E-state index is 0.204. The zero-order valence-electron chi connectivity index (χ0n) is 12.8. The normalized spacial score (nSPS) is 31.1. The summed E-state index contributed by atoms with van der Waals surface area (Å²) in [7, 11) is 1.41. The highest BCUT2D eigenvalue weighted by atomic mass is 16.7. The average molecular weight is 328 g/mol. The predicted octanol–water partition coefficient (Wildman–Crippen LogP) is -1.02. The Hall–Kier alpha value is -1.26. The SMILES string of the molecule is CN([O-])c1ccc(CCO[C@@H]2O[C@H](CO)[C@@H](O)[C@H](O)[C@H]2O)cc1. The Morgan fingerprint density at radius 2 is 1.78 bits per heavy atom. The number of ether oxygens (including phenoxy) is 2. The number of benzene rings is 1. The van der Waals surface area contributed by atoms with Gasteiger partial charge in [-0.1, -0.05) is 12.1 Å². The van der Waals surface area contributed by atoms with Crippen molar-refractivity contribution in [2.75, 3.05) is 25.3 Å². The third-order valence-electron chi connectivity index (χ3n) is 3.82. The van der Waals surface area contributed by atoms with Gasteiger partial charge in [-0.3, -0.25) is 0 Å². The lowest BCUT2D eigenvalue weighted by atomic mass is 9.99. The first kappa shape index (κ1) is 18.1.